The minimum absolute atomic E-state index is 0. The van der Waals surface area contributed by atoms with Gasteiger partial charge in [0.05, 0.1) is 45.8 Å². The lowest BCUT2D eigenvalue weighted by Gasteiger charge is -2.25. The van der Waals surface area contributed by atoms with Gasteiger partial charge >= 0.3 is 0 Å². The number of aliphatic hydroxyl groups is 4. The summed E-state index contributed by atoms with van der Waals surface area (Å²) in [7, 11) is -9.14. The molecule has 1 saturated heterocycles. The van der Waals surface area contributed by atoms with Crippen LogP contribution in [0.25, 0.3) is 0 Å². The van der Waals surface area contributed by atoms with Crippen molar-refractivity contribution >= 4 is 30.1 Å². The number of aliphatic hydroxyl groups excluding tert-OH is 2. The molecule has 0 bridgehead atoms. The Kier molecular flexibility index (Phi) is 51.8. The molecule has 454 valence electrons. The fourth-order valence-corrected chi connectivity index (χ4v) is 7.90. The summed E-state index contributed by atoms with van der Waals surface area (Å²) in [4.78, 5) is 0. The van der Waals surface area contributed by atoms with Crippen LogP contribution < -0.4 is 14.2 Å². The SMILES string of the molecule is C.C.CC(C)C(C)(C)CO.CC(C)C(O)C(C)C.CC(C)C1(O)CCOC1.CC(C)CC(C)(C)O.CC(C)NS(=O)(=O)C(C)C.CC(C)S(=O)(=O)NC(C)(C)C.CC(C)S(=O)(=O)NC1CC1.CCCOC(C)C. The van der Waals surface area contributed by atoms with Crippen molar-refractivity contribution in [1.29, 1.82) is 0 Å². The van der Waals surface area contributed by atoms with Gasteiger partial charge in [-0.3, -0.25) is 0 Å². The van der Waals surface area contributed by atoms with E-state index in [4.69, 9.17) is 14.6 Å². The fourth-order valence-electron chi connectivity index (χ4n) is 4.91. The zero-order valence-electron chi connectivity index (χ0n) is 51.1. The van der Waals surface area contributed by atoms with Crippen molar-refractivity contribution in [2.75, 3.05) is 26.4 Å². The molecule has 0 aromatic heterocycles. The molecule has 1 unspecified atom stereocenters. The Hall–Kier alpha value is -0.510. The quantitative estimate of drug-likeness (QED) is 0.0679. The molecule has 2 aliphatic rings. The molecule has 18 heteroatoms. The summed E-state index contributed by atoms with van der Waals surface area (Å²) in [6.45, 7) is 56.2. The van der Waals surface area contributed by atoms with Gasteiger partial charge in [-0.05, 0) is 165 Å². The van der Waals surface area contributed by atoms with E-state index < -0.39 is 41.3 Å². The van der Waals surface area contributed by atoms with Crippen LogP contribution in [0, 0.1) is 35.0 Å². The zero-order valence-corrected chi connectivity index (χ0v) is 53.5. The Bertz CT molecular complexity index is 1540. The first kappa shape index (κ1) is 89.1. The maximum atomic E-state index is 11.2. The Morgan fingerprint density at radius 1 is 0.671 bits per heavy atom. The summed E-state index contributed by atoms with van der Waals surface area (Å²) in [5.41, 5.74) is -1.28. The molecule has 0 spiro atoms. The number of hydrogen-bond donors (Lipinski definition) is 7. The van der Waals surface area contributed by atoms with Crippen molar-refractivity contribution < 1.29 is 55.2 Å². The zero-order chi connectivity index (χ0) is 58.3. The molecule has 1 atom stereocenters. The van der Waals surface area contributed by atoms with Gasteiger partial charge in [-0.2, -0.15) is 0 Å². The lowest BCUT2D eigenvalue weighted by atomic mass is 9.82. The summed E-state index contributed by atoms with van der Waals surface area (Å²) in [6, 6.07) is 0.236. The highest BCUT2D eigenvalue weighted by Crippen LogP contribution is 2.26. The molecule has 2 rings (SSSR count). The first-order valence-electron chi connectivity index (χ1n) is 26.4. The summed E-state index contributed by atoms with van der Waals surface area (Å²) in [5.74, 6) is 2.27. The summed E-state index contributed by atoms with van der Waals surface area (Å²) in [6.07, 6.45) is 5.09. The molecule has 1 saturated carbocycles. The third-order valence-corrected chi connectivity index (χ3v) is 16.7. The molecule has 0 aromatic carbocycles. The molecular weight excluding hydrogens is 991 g/mol. The average molecular weight is 1120 g/mol. The Morgan fingerprint density at radius 2 is 1.07 bits per heavy atom. The summed E-state index contributed by atoms with van der Waals surface area (Å²) in [5, 5.41) is 35.8. The van der Waals surface area contributed by atoms with Crippen molar-refractivity contribution in [2.24, 2.45) is 35.0 Å². The van der Waals surface area contributed by atoms with E-state index in [-0.39, 0.29) is 66.4 Å². The molecular formula is C55H129N3O12S3. The van der Waals surface area contributed by atoms with Crippen LogP contribution in [0.15, 0.2) is 0 Å². The van der Waals surface area contributed by atoms with E-state index in [0.717, 1.165) is 38.7 Å². The Balaban J connectivity index is -0.000000110. The van der Waals surface area contributed by atoms with E-state index >= 15 is 0 Å². The number of rotatable bonds is 18. The van der Waals surface area contributed by atoms with Crippen LogP contribution in [0.5, 0.6) is 0 Å². The van der Waals surface area contributed by atoms with Gasteiger partial charge < -0.3 is 29.9 Å². The van der Waals surface area contributed by atoms with E-state index in [0.29, 0.717) is 48.9 Å². The topological polar surface area (TPSA) is 238 Å². The van der Waals surface area contributed by atoms with Gasteiger partial charge in [-0.15, -0.1) is 0 Å². The van der Waals surface area contributed by atoms with Crippen LogP contribution in [-0.4, -0.2) is 129 Å². The Labute approximate surface area is 456 Å². The van der Waals surface area contributed by atoms with Crippen molar-refractivity contribution in [3.8, 4) is 0 Å². The molecule has 73 heavy (non-hydrogen) atoms. The second-order valence-electron chi connectivity index (χ2n) is 24.5. The molecule has 1 heterocycles. The third kappa shape index (κ3) is 57.5. The number of sulfonamides is 3. The maximum Gasteiger partial charge on any atom is 0.214 e. The first-order valence-corrected chi connectivity index (χ1v) is 31.0. The molecule has 1 aliphatic carbocycles. The maximum absolute atomic E-state index is 11.2. The van der Waals surface area contributed by atoms with E-state index in [9.17, 15) is 40.6 Å². The van der Waals surface area contributed by atoms with Crippen molar-refractivity contribution in [2.45, 2.75) is 298 Å². The first-order chi connectivity index (χ1) is 31.4. The van der Waals surface area contributed by atoms with Crippen LogP contribution in [0.1, 0.15) is 241 Å². The average Bonchev–Trinajstić information content (AvgIpc) is 3.85. The smallest absolute Gasteiger partial charge is 0.214 e. The largest absolute Gasteiger partial charge is 0.396 e. The normalized spacial score (nSPS) is 16.2. The molecule has 15 nitrogen and oxygen atoms in total. The molecule has 0 aromatic rings. The lowest BCUT2D eigenvalue weighted by molar-refractivity contribution is -0.0125. The minimum atomic E-state index is -3.11. The van der Waals surface area contributed by atoms with Crippen LogP contribution in [0.2, 0.25) is 0 Å². The van der Waals surface area contributed by atoms with Crippen LogP contribution in [0.3, 0.4) is 0 Å². The number of ether oxygens (including phenoxy) is 2. The summed E-state index contributed by atoms with van der Waals surface area (Å²) < 4.78 is 84.6. The molecule has 7 N–H and O–H groups in total. The highest BCUT2D eigenvalue weighted by Gasteiger charge is 2.35. The van der Waals surface area contributed by atoms with Gasteiger partial charge in [0.25, 0.3) is 0 Å². The highest BCUT2D eigenvalue weighted by molar-refractivity contribution is 7.90. The second kappa shape index (κ2) is 42.4. The molecule has 0 amide bonds. The van der Waals surface area contributed by atoms with E-state index in [1.807, 2.05) is 76.2 Å². The highest BCUT2D eigenvalue weighted by atomic mass is 32.2. The molecule has 2 fully saturated rings. The van der Waals surface area contributed by atoms with Crippen LogP contribution >= 0.6 is 0 Å². The van der Waals surface area contributed by atoms with Gasteiger partial charge in [-0.1, -0.05) is 105 Å². The van der Waals surface area contributed by atoms with Gasteiger partial charge in [0.2, 0.25) is 30.1 Å². The minimum Gasteiger partial charge on any atom is -0.396 e. The van der Waals surface area contributed by atoms with Crippen molar-refractivity contribution in [1.82, 2.24) is 14.2 Å². The van der Waals surface area contributed by atoms with E-state index in [2.05, 4.69) is 76.5 Å². The van der Waals surface area contributed by atoms with Crippen LogP contribution in [-0.2, 0) is 39.5 Å². The lowest BCUT2D eigenvalue weighted by Crippen LogP contribution is -2.43. The molecule has 1 aliphatic heterocycles. The standard InChI is InChI=1S/C7H17NO2S.C7H14O2.3C7H16O.C6H13NO2S.C6H15NO2S.C6H14O.2CH4/c1-6(2)11(9,10)8-7(3,4)5;1-6(2)7(8)3-4-9-5-7;1-6(2)7(3,4)5-8;1-6(2)5-7(3,4)8;1-5(2)7(8)6(3)4;1-5(2)10(8,9)7-6-3-4-6;1-5(2)7-10(8,9)6(3)4;1-4-5-7-6(2)3;;/h6,8H,1-5H3;6,8H,3-5H2,1-2H3;2*6,8H,5H2,1-4H3;5-8H,1-4H3;5-7H,3-4H2,1-2H3;5-7H,1-4H3;6H,4-5H2,1-3H3;2*1H4. The monoisotopic (exact) mass is 1120 g/mol. The number of nitrogens with one attached hydrogen (secondary N) is 3. The predicted octanol–water partition coefficient (Wildman–Crippen LogP) is 11.3. The van der Waals surface area contributed by atoms with Gasteiger partial charge in [0.1, 0.15) is 0 Å². The van der Waals surface area contributed by atoms with Crippen molar-refractivity contribution in [3.63, 3.8) is 0 Å². The van der Waals surface area contributed by atoms with E-state index in [1.54, 1.807) is 55.4 Å². The second-order valence-corrected chi connectivity index (χ2v) is 31.2. The van der Waals surface area contributed by atoms with Crippen LogP contribution in [0.4, 0.5) is 0 Å². The molecule has 0 radical (unpaired) electrons. The predicted molar refractivity (Wildman–Crippen MR) is 317 cm³/mol. The van der Waals surface area contributed by atoms with Gasteiger partial charge in [-0.25, -0.2) is 39.4 Å². The van der Waals surface area contributed by atoms with Gasteiger partial charge in [0, 0.05) is 43.9 Å². The third-order valence-electron chi connectivity index (χ3n) is 10.6. The summed E-state index contributed by atoms with van der Waals surface area (Å²) >= 11 is 0. The van der Waals surface area contributed by atoms with Crippen molar-refractivity contribution in [3.05, 3.63) is 0 Å². The Morgan fingerprint density at radius 3 is 1.18 bits per heavy atom. The fraction of sp³-hybridized carbons (Fsp3) is 1.00. The van der Waals surface area contributed by atoms with Gasteiger partial charge in [0.15, 0.2) is 0 Å². The van der Waals surface area contributed by atoms with E-state index in [1.165, 1.54) is 0 Å². The number of hydrogen-bond acceptors (Lipinski definition) is 12.